The van der Waals surface area contributed by atoms with Gasteiger partial charge in [-0.15, -0.1) is 0 Å². The van der Waals surface area contributed by atoms with E-state index in [0.29, 0.717) is 5.82 Å². The van der Waals surface area contributed by atoms with Gasteiger partial charge in [0, 0.05) is 29.6 Å². The van der Waals surface area contributed by atoms with Crippen LogP contribution < -0.4 is 10.6 Å². The molecular formula is C15H16ClN5. The van der Waals surface area contributed by atoms with Crippen molar-refractivity contribution in [3.63, 3.8) is 0 Å². The quantitative estimate of drug-likeness (QED) is 0.768. The van der Waals surface area contributed by atoms with Crippen LogP contribution in [0.3, 0.4) is 0 Å². The number of hydrogen-bond acceptors (Lipinski definition) is 4. The molecule has 0 aliphatic heterocycles. The second-order valence-corrected chi connectivity index (χ2v) is 5.11. The average Bonchev–Trinajstić information content (AvgIpc) is 2.93. The molecule has 0 fully saturated rings. The van der Waals surface area contributed by atoms with Crippen molar-refractivity contribution in [1.29, 1.82) is 0 Å². The maximum absolute atomic E-state index is 6.16. The minimum atomic E-state index is 0.698. The van der Waals surface area contributed by atoms with Crippen LogP contribution >= 0.6 is 11.6 Å². The molecule has 0 saturated carbocycles. The van der Waals surface area contributed by atoms with Crippen LogP contribution in [0.2, 0.25) is 5.02 Å². The van der Waals surface area contributed by atoms with Crippen molar-refractivity contribution in [3.05, 3.63) is 47.4 Å². The summed E-state index contributed by atoms with van der Waals surface area (Å²) in [5, 5.41) is 7.26. The zero-order valence-electron chi connectivity index (χ0n) is 11.9. The zero-order valence-corrected chi connectivity index (χ0v) is 12.6. The first-order valence-electron chi connectivity index (χ1n) is 6.78. The molecule has 0 unspecified atom stereocenters. The van der Waals surface area contributed by atoms with E-state index in [9.17, 15) is 0 Å². The number of nitrogens with one attached hydrogen (secondary N) is 2. The van der Waals surface area contributed by atoms with Gasteiger partial charge in [0.05, 0.1) is 6.20 Å². The Morgan fingerprint density at radius 2 is 2.19 bits per heavy atom. The van der Waals surface area contributed by atoms with Crippen molar-refractivity contribution in [3.8, 4) is 0 Å². The van der Waals surface area contributed by atoms with Gasteiger partial charge in [0.2, 0.25) is 0 Å². The number of anilines is 3. The Hall–Kier alpha value is -2.27. The fraction of sp³-hybridized carbons (Fsp3) is 0.200. The average molecular weight is 302 g/mol. The van der Waals surface area contributed by atoms with Crippen LogP contribution in [0.25, 0.3) is 5.65 Å². The van der Waals surface area contributed by atoms with E-state index in [1.54, 1.807) is 6.20 Å². The smallest absolute Gasteiger partial charge is 0.180 e. The number of fused-ring (bicyclic) bond motifs is 1. The SMILES string of the molecule is CCNc1cn2ccnc2c(Nc2cccc(Cl)c2C)n1. The molecule has 0 radical (unpaired) electrons. The standard InChI is InChI=1S/C15H16ClN5/c1-3-17-13-9-21-8-7-18-15(21)14(20-13)19-12-6-4-5-11(16)10(12)2/h4-9,17H,3H2,1-2H3,(H,19,20). The van der Waals surface area contributed by atoms with Gasteiger partial charge in [0.15, 0.2) is 11.5 Å². The molecule has 0 spiro atoms. The molecule has 3 aromatic rings. The van der Waals surface area contributed by atoms with E-state index in [-0.39, 0.29) is 0 Å². The normalized spacial score (nSPS) is 10.8. The molecule has 5 nitrogen and oxygen atoms in total. The Morgan fingerprint density at radius 1 is 1.33 bits per heavy atom. The predicted molar refractivity (Wildman–Crippen MR) is 86.6 cm³/mol. The van der Waals surface area contributed by atoms with E-state index in [0.717, 1.165) is 34.3 Å². The van der Waals surface area contributed by atoms with Gasteiger partial charge in [0.25, 0.3) is 0 Å². The highest BCUT2D eigenvalue weighted by Gasteiger charge is 2.09. The highest BCUT2D eigenvalue weighted by atomic mass is 35.5. The number of nitrogens with zero attached hydrogens (tertiary/aromatic N) is 3. The summed E-state index contributed by atoms with van der Waals surface area (Å²) in [6.45, 7) is 4.82. The monoisotopic (exact) mass is 301 g/mol. The lowest BCUT2D eigenvalue weighted by molar-refractivity contribution is 1.09. The molecular weight excluding hydrogens is 286 g/mol. The number of halogens is 1. The van der Waals surface area contributed by atoms with Crippen LogP contribution in [0.15, 0.2) is 36.8 Å². The van der Waals surface area contributed by atoms with E-state index in [1.807, 2.05) is 48.8 Å². The van der Waals surface area contributed by atoms with Gasteiger partial charge in [0.1, 0.15) is 5.82 Å². The number of aromatic nitrogens is 3. The van der Waals surface area contributed by atoms with Crippen molar-refractivity contribution in [1.82, 2.24) is 14.4 Å². The van der Waals surface area contributed by atoms with Crippen LogP contribution in [0.5, 0.6) is 0 Å². The van der Waals surface area contributed by atoms with Crippen molar-refractivity contribution < 1.29 is 0 Å². The molecule has 21 heavy (non-hydrogen) atoms. The topological polar surface area (TPSA) is 54.2 Å². The molecule has 0 amide bonds. The number of imidazole rings is 1. The van der Waals surface area contributed by atoms with E-state index in [1.165, 1.54) is 0 Å². The fourth-order valence-corrected chi connectivity index (χ4v) is 2.33. The third-order valence-electron chi connectivity index (χ3n) is 3.25. The van der Waals surface area contributed by atoms with Gasteiger partial charge in [-0.1, -0.05) is 17.7 Å². The molecule has 0 bridgehead atoms. The van der Waals surface area contributed by atoms with Crippen LogP contribution in [0.4, 0.5) is 17.3 Å². The first kappa shape index (κ1) is 13.7. The number of hydrogen-bond donors (Lipinski definition) is 2. The lowest BCUT2D eigenvalue weighted by atomic mass is 10.2. The second kappa shape index (κ2) is 5.61. The van der Waals surface area contributed by atoms with E-state index >= 15 is 0 Å². The first-order valence-corrected chi connectivity index (χ1v) is 7.16. The molecule has 108 valence electrons. The molecule has 0 atom stereocenters. The lowest BCUT2D eigenvalue weighted by Crippen LogP contribution is -2.05. The van der Waals surface area contributed by atoms with E-state index < -0.39 is 0 Å². The number of rotatable bonds is 4. The van der Waals surface area contributed by atoms with Crippen molar-refractivity contribution in [2.24, 2.45) is 0 Å². The molecule has 6 heteroatoms. The van der Waals surface area contributed by atoms with Gasteiger partial charge < -0.3 is 15.0 Å². The lowest BCUT2D eigenvalue weighted by Gasteiger charge is -2.12. The van der Waals surface area contributed by atoms with Crippen molar-refractivity contribution in [2.75, 3.05) is 17.2 Å². The summed E-state index contributed by atoms with van der Waals surface area (Å²) in [7, 11) is 0. The third-order valence-corrected chi connectivity index (χ3v) is 3.66. The van der Waals surface area contributed by atoms with Crippen LogP contribution in [-0.2, 0) is 0 Å². The van der Waals surface area contributed by atoms with Gasteiger partial charge in [-0.2, -0.15) is 0 Å². The minimum Gasteiger partial charge on any atom is -0.369 e. The summed E-state index contributed by atoms with van der Waals surface area (Å²) in [6, 6.07) is 5.76. The molecule has 2 N–H and O–H groups in total. The highest BCUT2D eigenvalue weighted by molar-refractivity contribution is 6.31. The molecule has 2 heterocycles. The maximum atomic E-state index is 6.16. The summed E-state index contributed by atoms with van der Waals surface area (Å²) >= 11 is 6.16. The zero-order chi connectivity index (χ0) is 14.8. The second-order valence-electron chi connectivity index (χ2n) is 4.70. The van der Waals surface area contributed by atoms with Gasteiger partial charge in [-0.05, 0) is 31.5 Å². The van der Waals surface area contributed by atoms with Crippen molar-refractivity contribution >= 4 is 34.6 Å². The Bertz CT molecular complexity index is 781. The third kappa shape index (κ3) is 2.64. The predicted octanol–water partition coefficient (Wildman–Crippen LogP) is 3.87. The molecule has 0 aliphatic carbocycles. The fourth-order valence-electron chi connectivity index (χ4n) is 2.15. The molecule has 0 saturated heterocycles. The Kier molecular flexibility index (Phi) is 3.66. The van der Waals surface area contributed by atoms with Crippen LogP contribution in [0, 0.1) is 6.92 Å². The highest BCUT2D eigenvalue weighted by Crippen LogP contribution is 2.27. The summed E-state index contributed by atoms with van der Waals surface area (Å²) in [6.07, 6.45) is 5.57. The van der Waals surface area contributed by atoms with E-state index in [2.05, 4.69) is 20.6 Å². The Labute approximate surface area is 128 Å². The number of benzene rings is 1. The minimum absolute atomic E-state index is 0.698. The van der Waals surface area contributed by atoms with Gasteiger partial charge in [-0.3, -0.25) is 0 Å². The molecule has 0 aliphatic rings. The molecule has 2 aromatic heterocycles. The maximum Gasteiger partial charge on any atom is 0.180 e. The summed E-state index contributed by atoms with van der Waals surface area (Å²) in [4.78, 5) is 8.93. The molecule has 3 rings (SSSR count). The van der Waals surface area contributed by atoms with E-state index in [4.69, 9.17) is 11.6 Å². The Morgan fingerprint density at radius 3 is 3.00 bits per heavy atom. The Balaban J connectivity index is 2.06. The summed E-state index contributed by atoms with van der Waals surface area (Å²) in [5.41, 5.74) is 2.68. The summed E-state index contributed by atoms with van der Waals surface area (Å²) < 4.78 is 1.94. The first-order chi connectivity index (χ1) is 10.2. The largest absolute Gasteiger partial charge is 0.369 e. The van der Waals surface area contributed by atoms with Gasteiger partial charge in [-0.25, -0.2) is 9.97 Å². The van der Waals surface area contributed by atoms with Gasteiger partial charge >= 0.3 is 0 Å². The summed E-state index contributed by atoms with van der Waals surface area (Å²) in [5.74, 6) is 1.49. The van der Waals surface area contributed by atoms with Crippen LogP contribution in [0.1, 0.15) is 12.5 Å². The molecule has 1 aromatic carbocycles. The van der Waals surface area contributed by atoms with Crippen LogP contribution in [-0.4, -0.2) is 20.9 Å². The van der Waals surface area contributed by atoms with Crippen molar-refractivity contribution in [2.45, 2.75) is 13.8 Å².